The van der Waals surface area contributed by atoms with Crippen LogP contribution < -0.4 is 20.1 Å². The van der Waals surface area contributed by atoms with Crippen LogP contribution in [0, 0.1) is 5.92 Å². The van der Waals surface area contributed by atoms with Crippen LogP contribution in [0.2, 0.25) is 0 Å². The van der Waals surface area contributed by atoms with Crippen LogP contribution in [0.3, 0.4) is 0 Å². The third-order valence-electron chi connectivity index (χ3n) is 5.28. The molecule has 0 saturated heterocycles. The zero-order valence-electron chi connectivity index (χ0n) is 18.3. The molecular formula is C22H31N5O4. The molecule has 168 valence electrons. The third kappa shape index (κ3) is 6.70. The Hall–Kier alpha value is -3.10. The molecule has 2 amide bonds. The molecule has 1 aliphatic rings. The molecular weight excluding hydrogens is 398 g/mol. The Morgan fingerprint density at radius 3 is 2.45 bits per heavy atom. The maximum Gasteiger partial charge on any atom is 0.273 e. The van der Waals surface area contributed by atoms with Crippen LogP contribution in [-0.2, 0) is 4.79 Å². The van der Waals surface area contributed by atoms with Crippen LogP contribution in [0.25, 0.3) is 0 Å². The molecule has 0 radical (unpaired) electrons. The minimum absolute atomic E-state index is 0.0236. The van der Waals surface area contributed by atoms with Crippen LogP contribution in [0.1, 0.15) is 56.1 Å². The second kappa shape index (κ2) is 10.8. The van der Waals surface area contributed by atoms with E-state index < -0.39 is 0 Å². The Morgan fingerprint density at radius 1 is 1.13 bits per heavy atom. The minimum atomic E-state index is -0.197. The SMILES string of the molecule is COc1ccc(OCC(=O)NC2CCC(n3cc(C(=O)NCC(C)C)nn3)CC2)cc1. The van der Waals surface area contributed by atoms with Crippen molar-refractivity contribution < 1.29 is 19.1 Å². The highest BCUT2D eigenvalue weighted by molar-refractivity contribution is 5.91. The first-order valence-corrected chi connectivity index (χ1v) is 10.7. The van der Waals surface area contributed by atoms with Crippen molar-refractivity contribution in [3.63, 3.8) is 0 Å². The number of aromatic nitrogens is 3. The lowest BCUT2D eigenvalue weighted by atomic mass is 9.91. The van der Waals surface area contributed by atoms with Gasteiger partial charge in [0.05, 0.1) is 19.3 Å². The number of carbonyl (C=O) groups excluding carboxylic acids is 2. The molecule has 0 bridgehead atoms. The van der Waals surface area contributed by atoms with Gasteiger partial charge in [0.1, 0.15) is 11.5 Å². The fourth-order valence-electron chi connectivity index (χ4n) is 3.52. The van der Waals surface area contributed by atoms with Crippen LogP contribution in [0.5, 0.6) is 11.5 Å². The smallest absolute Gasteiger partial charge is 0.273 e. The van der Waals surface area contributed by atoms with E-state index in [1.54, 1.807) is 42.3 Å². The molecule has 3 rings (SSSR count). The second-order valence-corrected chi connectivity index (χ2v) is 8.22. The topological polar surface area (TPSA) is 107 Å². The summed E-state index contributed by atoms with van der Waals surface area (Å²) in [6, 6.07) is 7.42. The molecule has 1 aromatic carbocycles. The number of nitrogens with zero attached hydrogens (tertiary/aromatic N) is 3. The van der Waals surface area contributed by atoms with E-state index in [-0.39, 0.29) is 30.5 Å². The van der Waals surface area contributed by atoms with E-state index in [4.69, 9.17) is 9.47 Å². The number of hydrogen-bond donors (Lipinski definition) is 2. The van der Waals surface area contributed by atoms with Gasteiger partial charge in [-0.15, -0.1) is 5.10 Å². The average molecular weight is 430 g/mol. The van der Waals surface area contributed by atoms with Crippen LogP contribution in [0.4, 0.5) is 0 Å². The van der Waals surface area contributed by atoms with Crippen LogP contribution >= 0.6 is 0 Å². The van der Waals surface area contributed by atoms with E-state index in [0.29, 0.717) is 23.9 Å². The monoisotopic (exact) mass is 429 g/mol. The zero-order chi connectivity index (χ0) is 22.2. The summed E-state index contributed by atoms with van der Waals surface area (Å²) in [6.07, 6.45) is 5.12. The molecule has 1 fully saturated rings. The lowest BCUT2D eigenvalue weighted by Gasteiger charge is -2.28. The first-order chi connectivity index (χ1) is 14.9. The fraction of sp³-hybridized carbons (Fsp3) is 0.545. The Morgan fingerprint density at radius 2 is 1.81 bits per heavy atom. The van der Waals surface area contributed by atoms with Crippen molar-refractivity contribution in [2.75, 3.05) is 20.3 Å². The van der Waals surface area contributed by atoms with E-state index in [2.05, 4.69) is 20.9 Å². The molecule has 1 aliphatic carbocycles. The van der Waals surface area contributed by atoms with Gasteiger partial charge in [-0.25, -0.2) is 4.68 Å². The van der Waals surface area contributed by atoms with Gasteiger partial charge in [-0.05, 0) is 55.9 Å². The van der Waals surface area contributed by atoms with Crippen molar-refractivity contribution in [2.45, 2.75) is 51.6 Å². The standard InChI is InChI=1S/C22H31N5O4/c1-15(2)12-23-22(29)20-13-27(26-25-20)17-6-4-16(5-7-17)24-21(28)14-31-19-10-8-18(30-3)9-11-19/h8-11,13,15-17H,4-7,12,14H2,1-3H3,(H,23,29)(H,24,28). The van der Waals surface area contributed by atoms with Crippen LogP contribution in [-0.4, -0.2) is 53.1 Å². The van der Waals surface area contributed by atoms with Crippen LogP contribution in [0.15, 0.2) is 30.5 Å². The fourth-order valence-corrected chi connectivity index (χ4v) is 3.52. The maximum atomic E-state index is 12.2. The Labute approximate surface area is 182 Å². The number of rotatable bonds is 9. The molecule has 2 aromatic rings. The molecule has 0 spiro atoms. The van der Waals surface area contributed by atoms with Gasteiger partial charge < -0.3 is 20.1 Å². The summed E-state index contributed by atoms with van der Waals surface area (Å²) in [5.41, 5.74) is 0.340. The molecule has 0 aliphatic heterocycles. The molecule has 2 N–H and O–H groups in total. The highest BCUT2D eigenvalue weighted by Gasteiger charge is 2.25. The Bertz CT molecular complexity index is 857. The summed E-state index contributed by atoms with van der Waals surface area (Å²) >= 11 is 0. The summed E-state index contributed by atoms with van der Waals surface area (Å²) in [7, 11) is 1.60. The average Bonchev–Trinajstić information content (AvgIpc) is 3.27. The van der Waals surface area contributed by atoms with Crippen molar-refractivity contribution in [1.29, 1.82) is 0 Å². The first-order valence-electron chi connectivity index (χ1n) is 10.7. The summed E-state index contributed by atoms with van der Waals surface area (Å²) in [4.78, 5) is 24.3. The lowest BCUT2D eigenvalue weighted by Crippen LogP contribution is -2.40. The summed E-state index contributed by atoms with van der Waals surface area (Å²) in [5, 5.41) is 14.0. The van der Waals surface area contributed by atoms with E-state index in [9.17, 15) is 9.59 Å². The zero-order valence-corrected chi connectivity index (χ0v) is 18.3. The molecule has 9 nitrogen and oxygen atoms in total. The molecule has 9 heteroatoms. The lowest BCUT2D eigenvalue weighted by molar-refractivity contribution is -0.124. The quantitative estimate of drug-likeness (QED) is 0.634. The van der Waals surface area contributed by atoms with Crippen molar-refractivity contribution in [3.05, 3.63) is 36.2 Å². The van der Waals surface area contributed by atoms with Gasteiger partial charge in [0.15, 0.2) is 12.3 Å². The van der Waals surface area contributed by atoms with E-state index in [1.807, 2.05) is 13.8 Å². The van der Waals surface area contributed by atoms with Gasteiger partial charge in [-0.2, -0.15) is 0 Å². The molecule has 1 saturated carbocycles. The van der Waals surface area contributed by atoms with Crippen molar-refractivity contribution in [2.24, 2.45) is 5.92 Å². The molecule has 31 heavy (non-hydrogen) atoms. The molecule has 1 aromatic heterocycles. The second-order valence-electron chi connectivity index (χ2n) is 8.22. The molecule has 1 heterocycles. The van der Waals surface area contributed by atoms with Gasteiger partial charge in [-0.3, -0.25) is 9.59 Å². The highest BCUT2D eigenvalue weighted by atomic mass is 16.5. The molecule has 0 unspecified atom stereocenters. The number of benzene rings is 1. The summed E-state index contributed by atoms with van der Waals surface area (Å²) in [5.74, 6) is 1.41. The predicted octanol–water partition coefficient (Wildman–Crippen LogP) is 2.35. The number of nitrogens with one attached hydrogen (secondary N) is 2. The largest absolute Gasteiger partial charge is 0.497 e. The Kier molecular flexibility index (Phi) is 7.86. The third-order valence-corrected chi connectivity index (χ3v) is 5.28. The van der Waals surface area contributed by atoms with Gasteiger partial charge in [0.25, 0.3) is 11.8 Å². The normalized spacial score (nSPS) is 18.5. The minimum Gasteiger partial charge on any atom is -0.497 e. The number of methoxy groups -OCH3 is 1. The highest BCUT2D eigenvalue weighted by Crippen LogP contribution is 2.28. The van der Waals surface area contributed by atoms with Gasteiger partial charge in [-0.1, -0.05) is 19.1 Å². The predicted molar refractivity (Wildman–Crippen MR) is 115 cm³/mol. The Balaban J connectivity index is 1.40. The summed E-state index contributed by atoms with van der Waals surface area (Å²) < 4.78 is 12.4. The summed E-state index contributed by atoms with van der Waals surface area (Å²) in [6.45, 7) is 4.67. The van der Waals surface area contributed by atoms with Gasteiger partial charge >= 0.3 is 0 Å². The van der Waals surface area contributed by atoms with Gasteiger partial charge in [0, 0.05) is 12.6 Å². The number of carbonyl (C=O) groups is 2. The van der Waals surface area contributed by atoms with E-state index in [0.717, 1.165) is 31.4 Å². The maximum absolute atomic E-state index is 12.2. The number of amides is 2. The van der Waals surface area contributed by atoms with Crippen molar-refractivity contribution in [1.82, 2.24) is 25.6 Å². The van der Waals surface area contributed by atoms with E-state index in [1.165, 1.54) is 0 Å². The van der Waals surface area contributed by atoms with Crippen molar-refractivity contribution in [3.8, 4) is 11.5 Å². The van der Waals surface area contributed by atoms with E-state index >= 15 is 0 Å². The number of ether oxygens (including phenoxy) is 2. The molecule has 0 atom stereocenters. The number of hydrogen-bond acceptors (Lipinski definition) is 6. The first kappa shape index (κ1) is 22.6. The van der Waals surface area contributed by atoms with Gasteiger partial charge in [0.2, 0.25) is 0 Å². The van der Waals surface area contributed by atoms with Crippen molar-refractivity contribution >= 4 is 11.8 Å².